The molecular weight excluding hydrogens is 248 g/mol. The van der Waals surface area contributed by atoms with Gasteiger partial charge in [0.1, 0.15) is 12.3 Å². The van der Waals surface area contributed by atoms with Gasteiger partial charge in [0.25, 0.3) is 5.91 Å². The molecule has 0 spiro atoms. The Morgan fingerprint density at radius 1 is 1.53 bits per heavy atom. The molecule has 1 amide bonds. The van der Waals surface area contributed by atoms with Gasteiger partial charge < -0.3 is 15.2 Å². The number of ether oxygens (including phenoxy) is 1. The molecule has 100 valence electrons. The second-order valence-corrected chi connectivity index (χ2v) is 3.44. The molecule has 0 saturated carbocycles. The third-order valence-electron chi connectivity index (χ3n) is 2.17. The summed E-state index contributed by atoms with van der Waals surface area (Å²) in [6.07, 6.45) is 1.56. The van der Waals surface area contributed by atoms with Crippen molar-refractivity contribution in [2.24, 2.45) is 0 Å². The number of aliphatic hydroxyl groups excluding tert-OH is 1. The fourth-order valence-corrected chi connectivity index (χ4v) is 1.29. The van der Waals surface area contributed by atoms with Crippen LogP contribution in [-0.4, -0.2) is 42.2 Å². The molecule has 0 radical (unpaired) electrons. The van der Waals surface area contributed by atoms with Crippen molar-refractivity contribution in [3.05, 3.63) is 29.6 Å². The zero-order valence-corrected chi connectivity index (χ0v) is 10.5. The van der Waals surface area contributed by atoms with Crippen molar-refractivity contribution in [3.63, 3.8) is 0 Å². The van der Waals surface area contributed by atoms with Crippen LogP contribution in [0, 0.1) is 11.8 Å². The maximum Gasteiger partial charge on any atom is 0.307 e. The molecule has 6 nitrogen and oxygen atoms in total. The number of aliphatic hydroxyl groups is 1. The van der Waals surface area contributed by atoms with E-state index in [2.05, 4.69) is 26.9 Å². The number of nitrogens with zero attached hydrogens (tertiary/aromatic N) is 1. The van der Waals surface area contributed by atoms with Crippen LogP contribution in [0.1, 0.15) is 22.5 Å². The summed E-state index contributed by atoms with van der Waals surface area (Å²) in [5, 5.41) is 11.2. The van der Waals surface area contributed by atoms with Gasteiger partial charge in [-0.15, -0.1) is 0 Å². The lowest BCUT2D eigenvalue weighted by atomic mass is 10.2. The topological polar surface area (TPSA) is 88.5 Å². The summed E-state index contributed by atoms with van der Waals surface area (Å²) in [4.78, 5) is 26.7. The molecule has 0 unspecified atom stereocenters. The van der Waals surface area contributed by atoms with Crippen molar-refractivity contribution < 1.29 is 19.4 Å². The van der Waals surface area contributed by atoms with E-state index in [0.717, 1.165) is 0 Å². The third-order valence-corrected chi connectivity index (χ3v) is 2.17. The smallest absolute Gasteiger partial charge is 0.307 e. The lowest BCUT2D eigenvalue weighted by Gasteiger charge is -2.05. The number of carbonyl (C=O) groups is 2. The van der Waals surface area contributed by atoms with E-state index in [4.69, 9.17) is 5.11 Å². The maximum absolute atomic E-state index is 11.8. The van der Waals surface area contributed by atoms with Crippen LogP contribution in [-0.2, 0) is 9.53 Å². The van der Waals surface area contributed by atoms with Crippen LogP contribution >= 0.6 is 0 Å². The van der Waals surface area contributed by atoms with Gasteiger partial charge in [-0.25, -0.2) is 4.98 Å². The predicted octanol–water partition coefficient (Wildman–Crippen LogP) is -0.282. The average molecular weight is 262 g/mol. The molecule has 1 heterocycles. The van der Waals surface area contributed by atoms with Gasteiger partial charge in [0.15, 0.2) is 0 Å². The number of hydrogen-bond acceptors (Lipinski definition) is 5. The molecule has 0 aromatic carbocycles. The van der Waals surface area contributed by atoms with E-state index in [-0.39, 0.29) is 25.3 Å². The molecule has 19 heavy (non-hydrogen) atoms. The Hall–Kier alpha value is -2.39. The van der Waals surface area contributed by atoms with E-state index in [1.54, 1.807) is 12.1 Å². The number of esters is 1. The summed E-state index contributed by atoms with van der Waals surface area (Å²) in [6, 6.07) is 3.28. The standard InChI is InChI=1S/C13H14N2O4/c1-19-11(17)6-8-15-13(18)12-10(5-3-9-16)4-2-7-14-12/h2,4,7,16H,6,8-9H2,1H3,(H,15,18). The fraction of sp³-hybridized carbons (Fsp3) is 0.308. The Kier molecular flexibility index (Phi) is 6.06. The highest BCUT2D eigenvalue weighted by Crippen LogP contribution is 2.03. The van der Waals surface area contributed by atoms with Crippen molar-refractivity contribution in [2.75, 3.05) is 20.3 Å². The van der Waals surface area contributed by atoms with Gasteiger partial charge in [0.2, 0.25) is 0 Å². The molecule has 6 heteroatoms. The summed E-state index contributed by atoms with van der Waals surface area (Å²) < 4.78 is 4.46. The van der Waals surface area contributed by atoms with E-state index in [1.165, 1.54) is 13.3 Å². The molecule has 0 atom stereocenters. The highest BCUT2D eigenvalue weighted by molar-refractivity contribution is 5.94. The number of hydrogen-bond donors (Lipinski definition) is 2. The maximum atomic E-state index is 11.8. The van der Waals surface area contributed by atoms with Gasteiger partial charge in [0, 0.05) is 12.7 Å². The fourth-order valence-electron chi connectivity index (χ4n) is 1.29. The van der Waals surface area contributed by atoms with Crippen molar-refractivity contribution >= 4 is 11.9 Å². The second kappa shape index (κ2) is 7.84. The molecular formula is C13H14N2O4. The summed E-state index contributed by atoms with van der Waals surface area (Å²) in [6.45, 7) is -0.132. The first-order valence-corrected chi connectivity index (χ1v) is 5.58. The van der Waals surface area contributed by atoms with Crippen molar-refractivity contribution in [2.45, 2.75) is 6.42 Å². The van der Waals surface area contributed by atoms with Gasteiger partial charge in [-0.2, -0.15) is 0 Å². The Balaban J connectivity index is 2.69. The van der Waals surface area contributed by atoms with E-state index in [1.807, 2.05) is 0 Å². The minimum Gasteiger partial charge on any atom is -0.469 e. The first-order chi connectivity index (χ1) is 9.19. The molecule has 0 aliphatic heterocycles. The van der Waals surface area contributed by atoms with E-state index < -0.39 is 11.9 Å². The third kappa shape index (κ3) is 4.77. The Morgan fingerprint density at radius 3 is 3.00 bits per heavy atom. The summed E-state index contributed by atoms with van der Waals surface area (Å²) in [5.74, 6) is 4.27. The quantitative estimate of drug-likeness (QED) is 0.575. The second-order valence-electron chi connectivity index (χ2n) is 3.44. The number of amides is 1. The number of aromatic nitrogens is 1. The van der Waals surface area contributed by atoms with Crippen LogP contribution in [0.2, 0.25) is 0 Å². The van der Waals surface area contributed by atoms with Crippen LogP contribution < -0.4 is 5.32 Å². The first-order valence-electron chi connectivity index (χ1n) is 5.58. The van der Waals surface area contributed by atoms with Crippen molar-refractivity contribution in [3.8, 4) is 11.8 Å². The van der Waals surface area contributed by atoms with Gasteiger partial charge in [0.05, 0.1) is 19.1 Å². The zero-order valence-electron chi connectivity index (χ0n) is 10.5. The summed E-state index contributed by atoms with van der Waals surface area (Å²) >= 11 is 0. The van der Waals surface area contributed by atoms with Crippen molar-refractivity contribution in [1.29, 1.82) is 0 Å². The van der Waals surface area contributed by atoms with Crippen molar-refractivity contribution in [1.82, 2.24) is 10.3 Å². The van der Waals surface area contributed by atoms with E-state index in [0.29, 0.717) is 5.56 Å². The number of carbonyl (C=O) groups excluding carboxylic acids is 2. The molecule has 2 N–H and O–H groups in total. The van der Waals surface area contributed by atoms with Crippen LogP contribution in [0.5, 0.6) is 0 Å². The predicted molar refractivity (Wildman–Crippen MR) is 67.2 cm³/mol. The largest absolute Gasteiger partial charge is 0.469 e. The molecule has 0 saturated heterocycles. The molecule has 0 bridgehead atoms. The van der Waals surface area contributed by atoms with Gasteiger partial charge in [-0.1, -0.05) is 11.8 Å². The lowest BCUT2D eigenvalue weighted by molar-refractivity contribution is -0.140. The van der Waals surface area contributed by atoms with Crippen LogP contribution in [0.3, 0.4) is 0 Å². The Labute approximate surface area is 110 Å². The van der Waals surface area contributed by atoms with Crippen LogP contribution in [0.25, 0.3) is 0 Å². The SMILES string of the molecule is COC(=O)CCNC(=O)c1ncccc1C#CCO. The number of rotatable bonds is 4. The molecule has 1 rings (SSSR count). The lowest BCUT2D eigenvalue weighted by Crippen LogP contribution is -2.27. The summed E-state index contributed by atoms with van der Waals surface area (Å²) in [7, 11) is 1.28. The average Bonchev–Trinajstić information content (AvgIpc) is 2.45. The van der Waals surface area contributed by atoms with E-state index in [9.17, 15) is 9.59 Å². The Bertz CT molecular complexity index is 517. The molecule has 1 aromatic rings. The highest BCUT2D eigenvalue weighted by Gasteiger charge is 2.11. The normalized spacial score (nSPS) is 9.16. The number of pyridine rings is 1. The van der Waals surface area contributed by atoms with Crippen LogP contribution in [0.15, 0.2) is 18.3 Å². The van der Waals surface area contributed by atoms with Crippen LogP contribution in [0.4, 0.5) is 0 Å². The monoisotopic (exact) mass is 262 g/mol. The van der Waals surface area contributed by atoms with Gasteiger partial charge in [-0.3, -0.25) is 9.59 Å². The van der Waals surface area contributed by atoms with Gasteiger partial charge in [-0.05, 0) is 12.1 Å². The minimum absolute atomic E-state index is 0.0900. The summed E-state index contributed by atoms with van der Waals surface area (Å²) in [5.41, 5.74) is 0.584. The highest BCUT2D eigenvalue weighted by atomic mass is 16.5. The zero-order chi connectivity index (χ0) is 14.1. The minimum atomic E-state index is -0.424. The number of nitrogens with one attached hydrogen (secondary N) is 1. The molecule has 0 aliphatic rings. The Morgan fingerprint density at radius 2 is 2.32 bits per heavy atom. The van der Waals surface area contributed by atoms with E-state index >= 15 is 0 Å². The molecule has 0 aliphatic carbocycles. The molecule has 1 aromatic heterocycles. The first kappa shape index (κ1) is 14.7. The number of methoxy groups -OCH3 is 1. The van der Waals surface area contributed by atoms with Gasteiger partial charge >= 0.3 is 5.97 Å². The molecule has 0 fully saturated rings.